The molecule has 0 saturated carbocycles. The summed E-state index contributed by atoms with van der Waals surface area (Å²) in [4.78, 5) is 1.15. The Morgan fingerprint density at radius 1 is 1.38 bits per heavy atom. The summed E-state index contributed by atoms with van der Waals surface area (Å²) >= 11 is 1.41. The van der Waals surface area contributed by atoms with E-state index in [1.807, 2.05) is 0 Å². The number of sulfonamides is 1. The van der Waals surface area contributed by atoms with Crippen LogP contribution in [0.1, 0.15) is 42.2 Å². The van der Waals surface area contributed by atoms with Gasteiger partial charge in [0.1, 0.15) is 11.1 Å². The summed E-state index contributed by atoms with van der Waals surface area (Å²) in [5, 5.41) is 9.84. The molecule has 21 heavy (non-hydrogen) atoms. The Morgan fingerprint density at radius 3 is 2.76 bits per heavy atom. The van der Waals surface area contributed by atoms with E-state index in [0.29, 0.717) is 10.6 Å². The molecule has 1 aromatic heterocycles. The van der Waals surface area contributed by atoms with Crippen molar-refractivity contribution in [2.45, 2.75) is 45.1 Å². The molecule has 7 heteroatoms. The van der Waals surface area contributed by atoms with Crippen molar-refractivity contribution in [1.29, 1.82) is 5.26 Å². The fourth-order valence-corrected chi connectivity index (χ4v) is 5.35. The summed E-state index contributed by atoms with van der Waals surface area (Å²) in [5.41, 5.74) is 1.54. The summed E-state index contributed by atoms with van der Waals surface area (Å²) in [6, 6.07) is 2.17. The first kappa shape index (κ1) is 16.3. The zero-order valence-electron chi connectivity index (χ0n) is 12.3. The van der Waals surface area contributed by atoms with E-state index in [1.165, 1.54) is 24.9 Å². The first-order valence-electron chi connectivity index (χ1n) is 7.04. The third kappa shape index (κ3) is 3.96. The molecule has 1 N–H and O–H groups in total. The standard InChI is InChI=1S/C14H20N2O3S2/c1-10(19-2)9-21(17,18)16-14-12(8-15)11-6-4-3-5-7-13(11)20-14/h10,16H,3-7,9H2,1-2H3. The SMILES string of the molecule is COC(C)CS(=O)(=O)Nc1sc2c(c1C#N)CCCCC2. The van der Waals surface area contributed by atoms with Crippen molar-refractivity contribution in [2.75, 3.05) is 17.6 Å². The number of hydrogen-bond donors (Lipinski definition) is 1. The topological polar surface area (TPSA) is 79.2 Å². The average Bonchev–Trinajstić information content (AvgIpc) is 2.59. The van der Waals surface area contributed by atoms with E-state index in [1.54, 1.807) is 6.92 Å². The molecule has 1 aromatic rings. The van der Waals surface area contributed by atoms with Crippen LogP contribution in [0, 0.1) is 11.3 Å². The van der Waals surface area contributed by atoms with Crippen LogP contribution in [0.3, 0.4) is 0 Å². The van der Waals surface area contributed by atoms with Gasteiger partial charge in [0.15, 0.2) is 0 Å². The predicted molar refractivity (Wildman–Crippen MR) is 84.2 cm³/mol. The van der Waals surface area contributed by atoms with Crippen molar-refractivity contribution in [2.24, 2.45) is 0 Å². The lowest BCUT2D eigenvalue weighted by Crippen LogP contribution is -2.25. The van der Waals surface area contributed by atoms with Crippen LogP contribution in [0.5, 0.6) is 0 Å². The number of thiophene rings is 1. The van der Waals surface area contributed by atoms with E-state index < -0.39 is 10.0 Å². The molecule has 5 nitrogen and oxygen atoms in total. The van der Waals surface area contributed by atoms with Crippen LogP contribution in [-0.2, 0) is 27.6 Å². The molecule has 0 saturated heterocycles. The van der Waals surface area contributed by atoms with Crippen LogP contribution < -0.4 is 4.72 Å². The second kappa shape index (κ2) is 6.77. The Morgan fingerprint density at radius 2 is 2.10 bits per heavy atom. The minimum atomic E-state index is -3.50. The Kier molecular flexibility index (Phi) is 5.25. The van der Waals surface area contributed by atoms with Gasteiger partial charge in [-0.2, -0.15) is 5.26 Å². The van der Waals surface area contributed by atoms with E-state index in [9.17, 15) is 13.7 Å². The molecular weight excluding hydrogens is 308 g/mol. The molecule has 116 valence electrons. The van der Waals surface area contributed by atoms with Crippen LogP contribution in [0.4, 0.5) is 5.00 Å². The number of fused-ring (bicyclic) bond motifs is 1. The fraction of sp³-hybridized carbons (Fsp3) is 0.643. The molecule has 1 atom stereocenters. The number of aryl methyl sites for hydroxylation is 1. The second-order valence-corrected chi connectivity index (χ2v) is 8.18. The van der Waals surface area contributed by atoms with Crippen molar-refractivity contribution in [1.82, 2.24) is 0 Å². The number of rotatable bonds is 5. The van der Waals surface area contributed by atoms with Gasteiger partial charge in [0, 0.05) is 12.0 Å². The zero-order chi connectivity index (χ0) is 15.5. The first-order valence-corrected chi connectivity index (χ1v) is 9.51. The van der Waals surface area contributed by atoms with Crippen LogP contribution in [0.15, 0.2) is 0 Å². The molecule has 0 aromatic carbocycles. The maximum Gasteiger partial charge on any atom is 0.235 e. The third-order valence-electron chi connectivity index (χ3n) is 3.64. The monoisotopic (exact) mass is 328 g/mol. The van der Waals surface area contributed by atoms with Gasteiger partial charge in [0.05, 0.1) is 17.4 Å². The van der Waals surface area contributed by atoms with Gasteiger partial charge < -0.3 is 4.74 Å². The van der Waals surface area contributed by atoms with Gasteiger partial charge in [0.25, 0.3) is 0 Å². The molecule has 2 rings (SSSR count). The van der Waals surface area contributed by atoms with E-state index in [0.717, 1.165) is 36.1 Å². The Bertz CT molecular complexity index is 644. The molecular formula is C14H20N2O3S2. The number of hydrogen-bond acceptors (Lipinski definition) is 5. The molecule has 0 bridgehead atoms. The van der Waals surface area contributed by atoms with Gasteiger partial charge in [0.2, 0.25) is 10.0 Å². The molecule has 1 unspecified atom stereocenters. The van der Waals surface area contributed by atoms with E-state index in [4.69, 9.17) is 4.74 Å². The van der Waals surface area contributed by atoms with Crippen molar-refractivity contribution < 1.29 is 13.2 Å². The van der Waals surface area contributed by atoms with E-state index in [-0.39, 0.29) is 11.9 Å². The minimum absolute atomic E-state index is 0.114. The highest BCUT2D eigenvalue weighted by Gasteiger charge is 2.23. The zero-order valence-corrected chi connectivity index (χ0v) is 13.9. The highest BCUT2D eigenvalue weighted by atomic mass is 32.2. The summed E-state index contributed by atoms with van der Waals surface area (Å²) in [7, 11) is -2.02. The summed E-state index contributed by atoms with van der Waals surface area (Å²) in [6.07, 6.45) is 4.75. The molecule has 0 aliphatic heterocycles. The van der Waals surface area contributed by atoms with Crippen molar-refractivity contribution >= 4 is 26.4 Å². The largest absolute Gasteiger partial charge is 0.381 e. The Hall–Kier alpha value is -1.10. The number of nitrogens with one attached hydrogen (secondary N) is 1. The van der Waals surface area contributed by atoms with Gasteiger partial charge in [-0.1, -0.05) is 6.42 Å². The second-order valence-electron chi connectivity index (χ2n) is 5.31. The normalized spacial score (nSPS) is 16.6. The summed E-state index contributed by atoms with van der Waals surface area (Å²) < 4.78 is 31.8. The Balaban J connectivity index is 2.27. The highest BCUT2D eigenvalue weighted by molar-refractivity contribution is 7.92. The fourth-order valence-electron chi connectivity index (χ4n) is 2.49. The predicted octanol–water partition coefficient (Wildman–Crippen LogP) is 2.67. The molecule has 0 fully saturated rings. The van der Waals surface area contributed by atoms with E-state index in [2.05, 4.69) is 10.8 Å². The average molecular weight is 328 g/mol. The summed E-state index contributed by atoms with van der Waals surface area (Å²) in [6.45, 7) is 1.70. The van der Waals surface area contributed by atoms with Crippen LogP contribution in [0.25, 0.3) is 0 Å². The van der Waals surface area contributed by atoms with Gasteiger partial charge in [-0.3, -0.25) is 4.72 Å². The lowest BCUT2D eigenvalue weighted by atomic mass is 10.1. The number of anilines is 1. The number of nitriles is 1. The van der Waals surface area contributed by atoms with Crippen molar-refractivity contribution in [3.63, 3.8) is 0 Å². The summed E-state index contributed by atoms with van der Waals surface area (Å²) in [5.74, 6) is -0.114. The molecule has 1 heterocycles. The molecule has 1 aliphatic carbocycles. The van der Waals surface area contributed by atoms with Crippen LogP contribution in [-0.4, -0.2) is 27.4 Å². The van der Waals surface area contributed by atoms with Crippen LogP contribution in [0.2, 0.25) is 0 Å². The number of nitrogens with zero attached hydrogens (tertiary/aromatic N) is 1. The third-order valence-corrected chi connectivity index (χ3v) is 6.40. The smallest absolute Gasteiger partial charge is 0.235 e. The lowest BCUT2D eigenvalue weighted by Gasteiger charge is -2.11. The van der Waals surface area contributed by atoms with Gasteiger partial charge >= 0.3 is 0 Å². The highest BCUT2D eigenvalue weighted by Crippen LogP contribution is 2.37. The van der Waals surface area contributed by atoms with Crippen molar-refractivity contribution in [3.05, 3.63) is 16.0 Å². The van der Waals surface area contributed by atoms with Gasteiger partial charge in [-0.05, 0) is 38.2 Å². The molecule has 0 spiro atoms. The first-order chi connectivity index (χ1) is 9.96. The maximum atomic E-state index is 12.1. The van der Waals surface area contributed by atoms with Crippen LogP contribution >= 0.6 is 11.3 Å². The molecule has 0 radical (unpaired) electrons. The lowest BCUT2D eigenvalue weighted by molar-refractivity contribution is 0.136. The minimum Gasteiger partial charge on any atom is -0.381 e. The van der Waals surface area contributed by atoms with E-state index >= 15 is 0 Å². The maximum absolute atomic E-state index is 12.1. The van der Waals surface area contributed by atoms with Gasteiger partial charge in [-0.15, -0.1) is 11.3 Å². The Labute approximate surface area is 130 Å². The number of methoxy groups -OCH3 is 1. The van der Waals surface area contributed by atoms with Crippen molar-refractivity contribution in [3.8, 4) is 6.07 Å². The molecule has 1 aliphatic rings. The quantitative estimate of drug-likeness (QED) is 0.843. The van der Waals surface area contributed by atoms with Gasteiger partial charge in [-0.25, -0.2) is 8.42 Å². The molecule has 0 amide bonds. The number of ether oxygens (including phenoxy) is 1.